The van der Waals surface area contributed by atoms with Crippen LogP contribution in [0.4, 0.5) is 5.69 Å². The summed E-state index contributed by atoms with van der Waals surface area (Å²) in [6, 6.07) is 6.99. The number of nitrogen functional groups attached to an aromatic ring is 1. The first-order valence-corrected chi connectivity index (χ1v) is 5.54. The summed E-state index contributed by atoms with van der Waals surface area (Å²) in [4.78, 5) is 10.7. The largest absolute Gasteiger partial charge is 0.399 e. The van der Waals surface area contributed by atoms with E-state index in [0.29, 0.717) is 22.6 Å². The molecule has 0 heterocycles. The van der Waals surface area contributed by atoms with Crippen molar-refractivity contribution in [3.63, 3.8) is 0 Å². The van der Waals surface area contributed by atoms with Gasteiger partial charge < -0.3 is 5.73 Å². The molecule has 0 radical (unpaired) electrons. The van der Waals surface area contributed by atoms with Crippen molar-refractivity contribution in [3.8, 4) is 17.9 Å². The topological polar surface area (TPSA) is 66.9 Å². The van der Waals surface area contributed by atoms with Gasteiger partial charge in [0.1, 0.15) is 6.07 Å². The van der Waals surface area contributed by atoms with Crippen LogP contribution in [0.2, 0.25) is 0 Å². The lowest BCUT2D eigenvalue weighted by Gasteiger charge is -1.96. The lowest BCUT2D eigenvalue weighted by molar-refractivity contribution is -0.109. The maximum absolute atomic E-state index is 10.7. The Morgan fingerprint density at radius 1 is 1.50 bits per heavy atom. The van der Waals surface area contributed by atoms with Crippen molar-refractivity contribution < 1.29 is 4.79 Å². The molecule has 0 spiro atoms. The molecule has 1 rings (SSSR count). The average molecular weight is 230 g/mol. The van der Waals surface area contributed by atoms with E-state index in [1.54, 1.807) is 18.2 Å². The van der Waals surface area contributed by atoms with Gasteiger partial charge in [-0.1, -0.05) is 23.6 Å². The first-order valence-electron chi connectivity index (χ1n) is 4.55. The number of nitrogens with two attached hydrogens (primary N) is 1. The third kappa shape index (κ3) is 3.68. The van der Waals surface area contributed by atoms with Crippen LogP contribution in [-0.2, 0) is 4.79 Å². The van der Waals surface area contributed by atoms with E-state index in [2.05, 4.69) is 11.8 Å². The third-order valence-corrected chi connectivity index (χ3v) is 2.43. The molecular weight excluding hydrogens is 220 g/mol. The van der Waals surface area contributed by atoms with E-state index >= 15 is 0 Å². The number of carbonyl (C=O) groups is 1. The summed E-state index contributed by atoms with van der Waals surface area (Å²) in [5.74, 6) is 6.08. The van der Waals surface area contributed by atoms with Gasteiger partial charge in [-0.05, 0) is 18.2 Å². The molecule has 1 aromatic carbocycles. The fourth-order valence-corrected chi connectivity index (χ4v) is 1.38. The van der Waals surface area contributed by atoms with Crippen LogP contribution >= 0.6 is 11.8 Å². The van der Waals surface area contributed by atoms with Crippen LogP contribution in [-0.4, -0.2) is 10.9 Å². The maximum Gasteiger partial charge on any atom is 0.186 e. The molecule has 0 aliphatic carbocycles. The molecule has 0 aliphatic rings. The van der Waals surface area contributed by atoms with Gasteiger partial charge in [0, 0.05) is 18.2 Å². The standard InChI is InChI=1S/C12H10N2OS/c1-9(15)16-6-2-3-10-7-12(14)5-4-11(10)8-13/h4-5,7H,6,14H2,1H3. The molecule has 0 bridgehead atoms. The van der Waals surface area contributed by atoms with Gasteiger partial charge in [-0.25, -0.2) is 0 Å². The van der Waals surface area contributed by atoms with Gasteiger partial charge in [0.2, 0.25) is 0 Å². The minimum atomic E-state index is 0.0300. The van der Waals surface area contributed by atoms with Gasteiger partial charge in [-0.15, -0.1) is 0 Å². The Morgan fingerprint density at radius 3 is 2.88 bits per heavy atom. The normalized spacial score (nSPS) is 8.75. The number of thioether (sulfide) groups is 1. The molecule has 0 unspecified atom stereocenters. The number of hydrogen-bond donors (Lipinski definition) is 1. The zero-order valence-corrected chi connectivity index (χ0v) is 9.60. The first kappa shape index (κ1) is 12.2. The summed E-state index contributed by atoms with van der Waals surface area (Å²) in [6.45, 7) is 1.49. The predicted molar refractivity (Wildman–Crippen MR) is 65.6 cm³/mol. The van der Waals surface area contributed by atoms with Crippen LogP contribution in [0, 0.1) is 23.2 Å². The molecule has 0 fully saturated rings. The van der Waals surface area contributed by atoms with Gasteiger partial charge in [-0.2, -0.15) is 5.26 Å². The second-order valence-corrected chi connectivity index (χ2v) is 4.15. The minimum absolute atomic E-state index is 0.0300. The zero-order valence-electron chi connectivity index (χ0n) is 8.78. The number of nitriles is 1. The zero-order chi connectivity index (χ0) is 12.0. The molecule has 0 atom stereocenters. The minimum Gasteiger partial charge on any atom is -0.399 e. The Balaban J connectivity index is 2.83. The molecular formula is C12H10N2OS. The van der Waals surface area contributed by atoms with E-state index in [-0.39, 0.29) is 5.12 Å². The number of benzene rings is 1. The van der Waals surface area contributed by atoms with Crippen molar-refractivity contribution in [2.24, 2.45) is 0 Å². The van der Waals surface area contributed by atoms with Crippen molar-refractivity contribution in [2.75, 3.05) is 11.5 Å². The summed E-state index contributed by atoms with van der Waals surface area (Å²) in [6.07, 6.45) is 0. The Bertz CT molecular complexity index is 506. The highest BCUT2D eigenvalue weighted by molar-refractivity contribution is 8.13. The second-order valence-electron chi connectivity index (χ2n) is 3.00. The van der Waals surface area contributed by atoms with E-state index in [1.165, 1.54) is 6.92 Å². The fourth-order valence-electron chi connectivity index (χ4n) is 1.03. The third-order valence-electron chi connectivity index (χ3n) is 1.73. The van der Waals surface area contributed by atoms with Crippen LogP contribution in [0.3, 0.4) is 0 Å². The lowest BCUT2D eigenvalue weighted by Crippen LogP contribution is -1.89. The lowest BCUT2D eigenvalue weighted by atomic mass is 10.1. The molecule has 0 aliphatic heterocycles. The molecule has 4 heteroatoms. The highest BCUT2D eigenvalue weighted by Gasteiger charge is 1.98. The van der Waals surface area contributed by atoms with Gasteiger partial charge in [0.15, 0.2) is 5.12 Å². The molecule has 2 N–H and O–H groups in total. The number of carbonyl (C=O) groups excluding carboxylic acids is 1. The smallest absolute Gasteiger partial charge is 0.186 e. The predicted octanol–water partition coefficient (Wildman–Crippen LogP) is 1.77. The number of anilines is 1. The van der Waals surface area contributed by atoms with Crippen molar-refractivity contribution in [1.29, 1.82) is 5.26 Å². The monoisotopic (exact) mass is 230 g/mol. The van der Waals surface area contributed by atoms with Crippen LogP contribution in [0.5, 0.6) is 0 Å². The average Bonchev–Trinajstić information content (AvgIpc) is 2.24. The highest BCUT2D eigenvalue weighted by Crippen LogP contribution is 2.11. The van der Waals surface area contributed by atoms with Crippen LogP contribution in [0.15, 0.2) is 18.2 Å². The van der Waals surface area contributed by atoms with Crippen molar-refractivity contribution in [3.05, 3.63) is 29.3 Å². The molecule has 0 aromatic heterocycles. The Morgan fingerprint density at radius 2 is 2.25 bits per heavy atom. The molecule has 3 nitrogen and oxygen atoms in total. The van der Waals surface area contributed by atoms with E-state index in [1.807, 2.05) is 6.07 Å². The summed E-state index contributed by atoms with van der Waals surface area (Å²) in [5.41, 5.74) is 7.27. The fraction of sp³-hybridized carbons (Fsp3) is 0.167. The van der Waals surface area contributed by atoms with E-state index < -0.39 is 0 Å². The summed E-state index contributed by atoms with van der Waals surface area (Å²) in [7, 11) is 0. The maximum atomic E-state index is 10.7. The SMILES string of the molecule is CC(=O)SCC#Cc1cc(N)ccc1C#N. The molecule has 16 heavy (non-hydrogen) atoms. The highest BCUT2D eigenvalue weighted by atomic mass is 32.2. The van der Waals surface area contributed by atoms with Crippen molar-refractivity contribution in [1.82, 2.24) is 0 Å². The van der Waals surface area contributed by atoms with Crippen LogP contribution in [0.1, 0.15) is 18.1 Å². The van der Waals surface area contributed by atoms with Gasteiger partial charge in [-0.3, -0.25) is 4.79 Å². The molecule has 0 saturated carbocycles. The van der Waals surface area contributed by atoms with E-state index in [9.17, 15) is 4.79 Å². The quantitative estimate of drug-likeness (QED) is 0.589. The van der Waals surface area contributed by atoms with Gasteiger partial charge in [0.05, 0.1) is 11.3 Å². The Kier molecular flexibility index (Phi) is 4.44. The van der Waals surface area contributed by atoms with Crippen LogP contribution in [0.25, 0.3) is 0 Å². The van der Waals surface area contributed by atoms with Crippen molar-refractivity contribution >= 4 is 22.6 Å². The number of rotatable bonds is 1. The first-order chi connectivity index (χ1) is 7.63. The number of nitrogens with zero attached hydrogens (tertiary/aromatic N) is 1. The van der Waals surface area contributed by atoms with E-state index in [0.717, 1.165) is 11.8 Å². The summed E-state index contributed by atoms with van der Waals surface area (Å²) >= 11 is 1.14. The molecule has 0 amide bonds. The summed E-state index contributed by atoms with van der Waals surface area (Å²) in [5, 5.41) is 8.87. The Hall–Kier alpha value is -1.91. The van der Waals surface area contributed by atoms with Gasteiger partial charge in [0.25, 0.3) is 0 Å². The molecule has 80 valence electrons. The van der Waals surface area contributed by atoms with Crippen LogP contribution < -0.4 is 5.73 Å². The van der Waals surface area contributed by atoms with Crippen molar-refractivity contribution in [2.45, 2.75) is 6.92 Å². The second kappa shape index (κ2) is 5.85. The molecule has 0 saturated heterocycles. The van der Waals surface area contributed by atoms with Gasteiger partial charge >= 0.3 is 0 Å². The number of hydrogen-bond acceptors (Lipinski definition) is 4. The Labute approximate surface area is 98.6 Å². The molecule has 1 aromatic rings. The van der Waals surface area contributed by atoms with E-state index in [4.69, 9.17) is 11.0 Å². The summed E-state index contributed by atoms with van der Waals surface area (Å²) < 4.78 is 0.